The van der Waals surface area contributed by atoms with Crippen LogP contribution in [0.5, 0.6) is 0 Å². The number of rotatable bonds is 4. The number of para-hydroxylation sites is 2. The van der Waals surface area contributed by atoms with Crippen LogP contribution in [0.4, 0.5) is 20.2 Å². The molecule has 1 aromatic rings. The van der Waals surface area contributed by atoms with E-state index >= 15 is 0 Å². The van der Waals surface area contributed by atoms with E-state index < -0.39 is 17.2 Å². The quantitative estimate of drug-likeness (QED) is 0.797. The molecule has 0 atom stereocenters. The highest BCUT2D eigenvalue weighted by Gasteiger charge is 2.41. The molecule has 25 heavy (non-hydrogen) atoms. The van der Waals surface area contributed by atoms with E-state index in [1.807, 2.05) is 24.3 Å². The van der Waals surface area contributed by atoms with Crippen molar-refractivity contribution in [3.05, 3.63) is 60.7 Å². The summed E-state index contributed by atoms with van der Waals surface area (Å²) in [5.74, 6) is -0.931. The smallest absolute Gasteiger partial charge is 0.130 e. The predicted octanol–water partition coefficient (Wildman–Crippen LogP) is 4.36. The molecule has 2 heterocycles. The Hall–Kier alpha value is -2.47. The fraction of sp³-hybridized carbons (Fsp3) is 0.316. The molecule has 0 saturated carbocycles. The Morgan fingerprint density at radius 3 is 2.56 bits per heavy atom. The number of anilines is 2. The van der Waals surface area contributed by atoms with Crippen LogP contribution in [0.1, 0.15) is 12.8 Å². The van der Waals surface area contributed by atoms with E-state index in [-0.39, 0.29) is 12.1 Å². The fourth-order valence-corrected chi connectivity index (χ4v) is 3.11. The van der Waals surface area contributed by atoms with Gasteiger partial charge in [-0.1, -0.05) is 25.3 Å². The first kappa shape index (κ1) is 17.4. The van der Waals surface area contributed by atoms with Gasteiger partial charge in [0.2, 0.25) is 0 Å². The number of nitrogens with zero attached hydrogens (tertiary/aromatic N) is 1. The van der Waals surface area contributed by atoms with Gasteiger partial charge in [-0.25, -0.2) is 8.78 Å². The molecule has 1 saturated heterocycles. The molecule has 0 amide bonds. The number of nitrogens with one attached hydrogen (secondary N) is 2. The Kier molecular flexibility index (Phi) is 4.99. The molecule has 2 aliphatic heterocycles. The summed E-state index contributed by atoms with van der Waals surface area (Å²) in [5, 5.41) is 6.86. The summed E-state index contributed by atoms with van der Waals surface area (Å²) in [5.41, 5.74) is 1.24. The van der Waals surface area contributed by atoms with Crippen LogP contribution in [0.2, 0.25) is 0 Å². The van der Waals surface area contributed by atoms with Crippen molar-refractivity contribution in [2.45, 2.75) is 18.4 Å². The third-order valence-corrected chi connectivity index (χ3v) is 4.54. The van der Waals surface area contributed by atoms with Gasteiger partial charge in [0, 0.05) is 31.6 Å². The Morgan fingerprint density at radius 1 is 1.24 bits per heavy atom. The van der Waals surface area contributed by atoms with Gasteiger partial charge in [-0.3, -0.25) is 4.99 Å². The predicted molar refractivity (Wildman–Crippen MR) is 97.4 cm³/mol. The lowest BCUT2D eigenvalue weighted by molar-refractivity contribution is 0.0778. The van der Waals surface area contributed by atoms with Crippen LogP contribution >= 0.6 is 0 Å². The molecule has 0 aliphatic carbocycles. The Labute approximate surface area is 146 Å². The van der Waals surface area contributed by atoms with Gasteiger partial charge >= 0.3 is 0 Å². The molecule has 1 spiro atoms. The van der Waals surface area contributed by atoms with Crippen LogP contribution in [0.15, 0.2) is 65.7 Å². The topological polar surface area (TPSA) is 45.7 Å². The molecule has 4 nitrogen and oxygen atoms in total. The highest BCUT2D eigenvalue weighted by molar-refractivity contribution is 6.09. The fourth-order valence-electron chi connectivity index (χ4n) is 3.11. The van der Waals surface area contributed by atoms with Gasteiger partial charge in [-0.05, 0) is 18.2 Å². The third-order valence-electron chi connectivity index (χ3n) is 4.54. The largest absolute Gasteiger partial charge is 0.381 e. The standard InChI is InChI=1S/C19H21F2N3O/c1-3-15(21)14(13(2)20)12-22-18-19(8-10-25-11-9-19)24-17-7-5-4-6-16(17)23-18/h3-7,24H,1-2,8-12H2,(H,22,23)/b15-14+. The van der Waals surface area contributed by atoms with Gasteiger partial charge in [0.05, 0.1) is 23.5 Å². The monoisotopic (exact) mass is 345 g/mol. The second-order valence-electron chi connectivity index (χ2n) is 6.09. The molecule has 132 valence electrons. The van der Waals surface area contributed by atoms with Crippen molar-refractivity contribution >= 4 is 17.2 Å². The number of benzene rings is 1. The van der Waals surface area contributed by atoms with Crippen LogP contribution in [0, 0.1) is 0 Å². The Bertz CT molecular complexity index is 749. The van der Waals surface area contributed by atoms with Crippen molar-refractivity contribution in [1.82, 2.24) is 0 Å². The van der Waals surface area contributed by atoms with E-state index in [0.29, 0.717) is 31.9 Å². The average molecular weight is 345 g/mol. The molecule has 2 aliphatic rings. The molecule has 1 fully saturated rings. The molecular weight excluding hydrogens is 324 g/mol. The van der Waals surface area contributed by atoms with E-state index in [1.165, 1.54) is 0 Å². The summed E-state index contributed by atoms with van der Waals surface area (Å²) in [7, 11) is 0. The normalized spacial score (nSPS) is 21.0. The number of halogens is 2. The molecular formula is C19H21F2N3O. The Balaban J connectivity index is 1.96. The van der Waals surface area contributed by atoms with E-state index in [1.54, 1.807) is 0 Å². The van der Waals surface area contributed by atoms with Crippen molar-refractivity contribution in [2.75, 3.05) is 30.4 Å². The zero-order valence-corrected chi connectivity index (χ0v) is 13.9. The lowest BCUT2D eigenvalue weighted by Crippen LogP contribution is -2.55. The second kappa shape index (κ2) is 7.19. The highest BCUT2D eigenvalue weighted by Crippen LogP contribution is 2.36. The minimum Gasteiger partial charge on any atom is -0.381 e. The summed E-state index contributed by atoms with van der Waals surface area (Å²) in [6.45, 7) is 7.56. The van der Waals surface area contributed by atoms with Crippen molar-refractivity contribution in [3.8, 4) is 0 Å². The summed E-state index contributed by atoms with van der Waals surface area (Å²) < 4.78 is 32.8. The molecule has 0 bridgehead atoms. The van der Waals surface area contributed by atoms with Crippen LogP contribution < -0.4 is 10.6 Å². The van der Waals surface area contributed by atoms with Crippen LogP contribution in [-0.4, -0.2) is 31.1 Å². The SMILES string of the molecule is C=C/C(F)=C(/CN=C1Nc2ccccc2NC12CCOCC2)C(=C)F. The number of ether oxygens (including phenoxy) is 1. The maximum Gasteiger partial charge on any atom is 0.130 e. The first-order valence-electron chi connectivity index (χ1n) is 8.18. The first-order chi connectivity index (χ1) is 12.1. The van der Waals surface area contributed by atoms with Gasteiger partial charge in [0.1, 0.15) is 17.5 Å². The van der Waals surface area contributed by atoms with Gasteiger partial charge in [0.25, 0.3) is 0 Å². The first-order valence-corrected chi connectivity index (χ1v) is 8.18. The number of hydrogen-bond donors (Lipinski definition) is 2. The highest BCUT2D eigenvalue weighted by atomic mass is 19.1. The van der Waals surface area contributed by atoms with Gasteiger partial charge in [-0.15, -0.1) is 0 Å². The summed E-state index contributed by atoms with van der Waals surface area (Å²) in [6.07, 6.45) is 2.39. The lowest BCUT2D eigenvalue weighted by atomic mass is 9.86. The van der Waals surface area contributed by atoms with Crippen molar-refractivity contribution < 1.29 is 13.5 Å². The molecule has 0 unspecified atom stereocenters. The molecule has 6 heteroatoms. The van der Waals surface area contributed by atoms with E-state index in [4.69, 9.17) is 4.74 Å². The van der Waals surface area contributed by atoms with E-state index in [0.717, 1.165) is 17.5 Å². The van der Waals surface area contributed by atoms with Crippen LogP contribution in [-0.2, 0) is 4.74 Å². The summed E-state index contributed by atoms with van der Waals surface area (Å²) in [4.78, 5) is 4.49. The van der Waals surface area contributed by atoms with Crippen molar-refractivity contribution in [2.24, 2.45) is 4.99 Å². The van der Waals surface area contributed by atoms with Crippen LogP contribution in [0.25, 0.3) is 0 Å². The van der Waals surface area contributed by atoms with Gasteiger partial charge in [0.15, 0.2) is 0 Å². The molecule has 0 aromatic heterocycles. The van der Waals surface area contributed by atoms with Crippen molar-refractivity contribution in [3.63, 3.8) is 0 Å². The maximum atomic E-state index is 13.8. The van der Waals surface area contributed by atoms with Crippen LogP contribution in [0.3, 0.4) is 0 Å². The van der Waals surface area contributed by atoms with Gasteiger partial charge < -0.3 is 15.4 Å². The lowest BCUT2D eigenvalue weighted by Gasteiger charge is -2.43. The molecule has 0 radical (unpaired) electrons. The number of allylic oxidation sites excluding steroid dienone is 2. The maximum absolute atomic E-state index is 13.8. The zero-order valence-electron chi connectivity index (χ0n) is 13.9. The van der Waals surface area contributed by atoms with Gasteiger partial charge in [-0.2, -0.15) is 0 Å². The molecule has 3 rings (SSSR count). The van der Waals surface area contributed by atoms with Crippen molar-refractivity contribution in [1.29, 1.82) is 0 Å². The summed E-state index contributed by atoms with van der Waals surface area (Å²) >= 11 is 0. The minimum absolute atomic E-state index is 0.151. The average Bonchev–Trinajstić information content (AvgIpc) is 2.62. The summed E-state index contributed by atoms with van der Waals surface area (Å²) in [6, 6.07) is 7.79. The Morgan fingerprint density at radius 2 is 1.92 bits per heavy atom. The number of amidine groups is 1. The minimum atomic E-state index is -0.841. The van der Waals surface area contributed by atoms with E-state index in [2.05, 4.69) is 28.8 Å². The third kappa shape index (κ3) is 3.49. The second-order valence-corrected chi connectivity index (χ2v) is 6.09. The zero-order chi connectivity index (χ0) is 17.9. The number of hydrogen-bond acceptors (Lipinski definition) is 3. The number of aliphatic imine (C=N–C) groups is 1. The van der Waals surface area contributed by atoms with E-state index in [9.17, 15) is 8.78 Å². The number of fused-ring (bicyclic) bond motifs is 1. The molecule has 2 N–H and O–H groups in total. The molecule has 1 aromatic carbocycles.